The van der Waals surface area contributed by atoms with Gasteiger partial charge >= 0.3 is 0 Å². The molecule has 0 spiro atoms. The Bertz CT molecular complexity index is 1420. The molecule has 2 aromatic heterocycles. The summed E-state index contributed by atoms with van der Waals surface area (Å²) in [6, 6.07) is 7.41. The van der Waals surface area contributed by atoms with Crippen molar-refractivity contribution in [3.8, 4) is 17.2 Å². The Balaban J connectivity index is 1.43. The first kappa shape index (κ1) is 22.8. The molecule has 1 amide bonds. The summed E-state index contributed by atoms with van der Waals surface area (Å²) in [5.41, 5.74) is 0.745. The highest BCUT2D eigenvalue weighted by atomic mass is 19.1. The van der Waals surface area contributed by atoms with Gasteiger partial charge in [0.25, 0.3) is 5.56 Å². The zero-order valence-corrected chi connectivity index (χ0v) is 18.8. The van der Waals surface area contributed by atoms with Crippen LogP contribution in [0.15, 0.2) is 41.5 Å². The van der Waals surface area contributed by atoms with Crippen LogP contribution >= 0.6 is 0 Å². The molecule has 0 aliphatic rings. The van der Waals surface area contributed by atoms with Crippen molar-refractivity contribution in [2.75, 3.05) is 19.5 Å². The lowest BCUT2D eigenvalue weighted by molar-refractivity contribution is -0.116. The van der Waals surface area contributed by atoms with Crippen molar-refractivity contribution in [3.63, 3.8) is 0 Å². The largest absolute Gasteiger partial charge is 0.493 e. The van der Waals surface area contributed by atoms with Gasteiger partial charge in [0.05, 0.1) is 42.8 Å². The van der Waals surface area contributed by atoms with Crippen molar-refractivity contribution in [3.05, 3.63) is 58.7 Å². The number of hydrogen-bond acceptors (Lipinski definition) is 8. The highest BCUT2D eigenvalue weighted by Gasteiger charge is 2.13. The van der Waals surface area contributed by atoms with Gasteiger partial charge in [0.15, 0.2) is 17.3 Å². The number of carbonyl (C=O) groups is 1. The van der Waals surface area contributed by atoms with E-state index in [1.807, 2.05) is 0 Å². The van der Waals surface area contributed by atoms with E-state index in [0.717, 1.165) is 0 Å². The number of halogens is 1. The first-order valence-corrected chi connectivity index (χ1v) is 10.4. The number of fused-ring (bicyclic) bond motifs is 1. The van der Waals surface area contributed by atoms with E-state index in [4.69, 9.17) is 9.47 Å². The summed E-state index contributed by atoms with van der Waals surface area (Å²) >= 11 is 0. The molecule has 0 radical (unpaired) electrons. The number of tetrazole rings is 1. The van der Waals surface area contributed by atoms with E-state index in [9.17, 15) is 14.0 Å². The van der Waals surface area contributed by atoms with Crippen LogP contribution in [0, 0.1) is 12.7 Å². The first-order valence-electron chi connectivity index (χ1n) is 10.4. The molecule has 0 saturated carbocycles. The van der Waals surface area contributed by atoms with Gasteiger partial charge in [-0.3, -0.25) is 14.2 Å². The number of amides is 1. The molecule has 0 fully saturated rings. The normalized spacial score (nSPS) is 10.9. The van der Waals surface area contributed by atoms with Crippen LogP contribution in [-0.4, -0.2) is 49.9 Å². The predicted molar refractivity (Wildman–Crippen MR) is 121 cm³/mol. The van der Waals surface area contributed by atoms with Crippen LogP contribution in [-0.2, 0) is 11.3 Å². The average molecular weight is 467 g/mol. The maximum Gasteiger partial charge on any atom is 0.261 e. The molecule has 2 heterocycles. The molecule has 176 valence electrons. The average Bonchev–Trinajstić information content (AvgIpc) is 3.27. The summed E-state index contributed by atoms with van der Waals surface area (Å²) in [5.74, 6) is 0.448. The van der Waals surface area contributed by atoms with Gasteiger partial charge in [0.1, 0.15) is 5.82 Å². The third-order valence-corrected chi connectivity index (χ3v) is 5.23. The number of ether oxygens (including phenoxy) is 2. The highest BCUT2D eigenvalue weighted by molar-refractivity contribution is 5.91. The van der Waals surface area contributed by atoms with Crippen LogP contribution in [0.3, 0.4) is 0 Å². The molecule has 0 unspecified atom stereocenters. The third-order valence-electron chi connectivity index (χ3n) is 5.23. The van der Waals surface area contributed by atoms with Gasteiger partial charge in [-0.25, -0.2) is 9.37 Å². The minimum absolute atomic E-state index is 0.0166. The molecule has 12 heteroatoms. The fourth-order valence-electron chi connectivity index (χ4n) is 3.48. The summed E-state index contributed by atoms with van der Waals surface area (Å²) in [7, 11) is 2.99. The second kappa shape index (κ2) is 9.65. The van der Waals surface area contributed by atoms with Crippen LogP contribution in [0.1, 0.15) is 18.7 Å². The number of hydrogen-bond donors (Lipinski definition) is 1. The lowest BCUT2D eigenvalue weighted by Gasteiger charge is -2.11. The van der Waals surface area contributed by atoms with E-state index >= 15 is 0 Å². The molecule has 0 saturated heterocycles. The maximum atomic E-state index is 14.2. The third kappa shape index (κ3) is 4.56. The van der Waals surface area contributed by atoms with Crippen LogP contribution in [0.4, 0.5) is 10.1 Å². The summed E-state index contributed by atoms with van der Waals surface area (Å²) in [4.78, 5) is 29.6. The Hall–Kier alpha value is -4.35. The molecule has 34 heavy (non-hydrogen) atoms. The Morgan fingerprint density at radius 1 is 1.15 bits per heavy atom. The smallest absolute Gasteiger partial charge is 0.261 e. The van der Waals surface area contributed by atoms with E-state index in [0.29, 0.717) is 40.3 Å². The topological polar surface area (TPSA) is 126 Å². The van der Waals surface area contributed by atoms with Gasteiger partial charge in [0.2, 0.25) is 5.91 Å². The zero-order valence-electron chi connectivity index (χ0n) is 18.8. The Morgan fingerprint density at radius 2 is 1.91 bits per heavy atom. The van der Waals surface area contributed by atoms with E-state index < -0.39 is 11.7 Å². The number of rotatable bonds is 8. The van der Waals surface area contributed by atoms with Gasteiger partial charge < -0.3 is 14.8 Å². The monoisotopic (exact) mass is 467 g/mol. The SMILES string of the molecule is COc1cc2ncn(CCCC(=O)Nc3cc(-n4nnnc4C)ccc3F)c(=O)c2cc1OC. The molecule has 4 rings (SSSR count). The number of anilines is 1. The minimum atomic E-state index is -0.581. The molecule has 4 aromatic rings. The molecule has 2 aromatic carbocycles. The number of aryl methyl sites for hydroxylation is 2. The second-order valence-electron chi connectivity index (χ2n) is 7.42. The quantitative estimate of drug-likeness (QED) is 0.418. The molecule has 0 aliphatic carbocycles. The summed E-state index contributed by atoms with van der Waals surface area (Å²) < 4.78 is 27.6. The number of nitrogens with zero attached hydrogens (tertiary/aromatic N) is 6. The molecule has 1 N–H and O–H groups in total. The fraction of sp³-hybridized carbons (Fsp3) is 0.273. The first-order chi connectivity index (χ1) is 16.4. The highest BCUT2D eigenvalue weighted by Crippen LogP contribution is 2.29. The fourth-order valence-corrected chi connectivity index (χ4v) is 3.48. The number of nitrogens with one attached hydrogen (secondary N) is 1. The van der Waals surface area contributed by atoms with Crippen molar-refractivity contribution in [2.24, 2.45) is 0 Å². The Labute approximate surface area is 193 Å². The molecule has 0 aliphatic heterocycles. The predicted octanol–water partition coefficient (Wildman–Crippen LogP) is 2.26. The van der Waals surface area contributed by atoms with Gasteiger partial charge in [-0.15, -0.1) is 5.10 Å². The number of aromatic nitrogens is 6. The van der Waals surface area contributed by atoms with Crippen molar-refractivity contribution in [1.82, 2.24) is 29.8 Å². The van der Waals surface area contributed by atoms with Crippen LogP contribution in [0.5, 0.6) is 11.5 Å². The van der Waals surface area contributed by atoms with Gasteiger partial charge in [-0.05, 0) is 48.0 Å². The zero-order chi connectivity index (χ0) is 24.2. The molecular formula is C22H22FN7O4. The van der Waals surface area contributed by atoms with Crippen molar-refractivity contribution < 1.29 is 18.7 Å². The molecule has 0 bridgehead atoms. The van der Waals surface area contributed by atoms with Crippen molar-refractivity contribution >= 4 is 22.5 Å². The maximum absolute atomic E-state index is 14.2. The van der Waals surface area contributed by atoms with E-state index in [2.05, 4.69) is 25.8 Å². The van der Waals surface area contributed by atoms with E-state index in [-0.39, 0.29) is 24.2 Å². The van der Waals surface area contributed by atoms with E-state index in [1.54, 1.807) is 19.1 Å². The van der Waals surface area contributed by atoms with Crippen LogP contribution in [0.25, 0.3) is 16.6 Å². The summed E-state index contributed by atoms with van der Waals surface area (Å²) in [6.07, 6.45) is 1.84. The molecular weight excluding hydrogens is 445 g/mol. The van der Waals surface area contributed by atoms with Gasteiger partial charge in [0, 0.05) is 19.0 Å². The second-order valence-corrected chi connectivity index (χ2v) is 7.42. The Morgan fingerprint density at radius 3 is 2.62 bits per heavy atom. The number of benzene rings is 2. The van der Waals surface area contributed by atoms with Crippen LogP contribution in [0.2, 0.25) is 0 Å². The molecule has 0 atom stereocenters. The number of carbonyl (C=O) groups excluding carboxylic acids is 1. The summed E-state index contributed by atoms with van der Waals surface area (Å²) in [6.45, 7) is 1.97. The van der Waals surface area contributed by atoms with Crippen molar-refractivity contribution in [2.45, 2.75) is 26.3 Å². The Kier molecular flexibility index (Phi) is 6.48. The minimum Gasteiger partial charge on any atom is -0.493 e. The van der Waals surface area contributed by atoms with E-state index in [1.165, 1.54) is 48.0 Å². The lowest BCUT2D eigenvalue weighted by Crippen LogP contribution is -2.22. The number of methoxy groups -OCH3 is 2. The standard InChI is InChI=1S/C22H22FN7O4/c1-13-26-27-28-30(13)14-6-7-16(23)18(9-14)25-21(31)5-4-8-29-12-24-17-11-20(34-3)19(33-2)10-15(17)22(29)32/h6-7,9-12H,4-5,8H2,1-3H3,(H,25,31). The van der Waals surface area contributed by atoms with Gasteiger partial charge in [-0.2, -0.15) is 4.68 Å². The lowest BCUT2D eigenvalue weighted by atomic mass is 10.2. The van der Waals surface area contributed by atoms with Gasteiger partial charge in [-0.1, -0.05) is 0 Å². The van der Waals surface area contributed by atoms with Crippen LogP contribution < -0.4 is 20.3 Å². The summed E-state index contributed by atoms with van der Waals surface area (Å²) in [5, 5.41) is 14.1. The van der Waals surface area contributed by atoms with Crippen molar-refractivity contribution in [1.29, 1.82) is 0 Å². The molecule has 11 nitrogen and oxygen atoms in total.